The third-order valence-corrected chi connectivity index (χ3v) is 7.09. The molecule has 2 aliphatic heterocycles. The molecular weight excluding hydrogens is 545 g/mol. The molecular formula is C27H31Cl2N5O5. The lowest BCUT2D eigenvalue weighted by Crippen LogP contribution is -2.68. The van der Waals surface area contributed by atoms with Crippen LogP contribution in [0.4, 0.5) is 11.4 Å². The molecule has 1 aromatic heterocycles. The zero-order chi connectivity index (χ0) is 28.0. The summed E-state index contributed by atoms with van der Waals surface area (Å²) in [4.78, 5) is 19.9. The van der Waals surface area contributed by atoms with Gasteiger partial charge in [-0.1, -0.05) is 41.9 Å². The maximum Gasteiger partial charge on any atom is 0.270 e. The van der Waals surface area contributed by atoms with Crippen molar-refractivity contribution in [1.29, 1.82) is 0 Å². The highest BCUT2D eigenvalue weighted by molar-refractivity contribution is 6.33. The molecule has 0 N–H and O–H groups in total. The molecule has 0 radical (unpaired) electrons. The molecule has 0 aliphatic carbocycles. The lowest BCUT2D eigenvalue weighted by molar-refractivity contribution is -2.00. The quantitative estimate of drug-likeness (QED) is 0.359. The Hall–Kier alpha value is -3.12. The van der Waals surface area contributed by atoms with Gasteiger partial charge in [-0.2, -0.15) is 0 Å². The van der Waals surface area contributed by atoms with Crippen molar-refractivity contribution in [2.24, 2.45) is 7.05 Å². The summed E-state index contributed by atoms with van der Waals surface area (Å²) in [7, 11) is -2.99. The maximum atomic E-state index is 13.2. The van der Waals surface area contributed by atoms with Crippen LogP contribution in [-0.2, 0) is 7.05 Å². The van der Waals surface area contributed by atoms with Crippen molar-refractivity contribution in [3.05, 3.63) is 83.1 Å². The number of benzene rings is 2. The first-order valence-corrected chi connectivity index (χ1v) is 14.2. The standard InChI is InChI=1S/C27H31ClN5O.ClHO4/c1-29-20-22(21-30-11-13-32(14-12-30)25-10-6-5-9-24(25)28)19-26(29)27(34)33-17-15-31(16-18-33)23-7-3-2-4-8-23;2-1(3,4)5/h2-10,19-21H,11-18H2,1H3;(H,2,3,4,5)/q+1;/p-1. The van der Waals surface area contributed by atoms with E-state index < -0.39 is 10.2 Å². The Labute approximate surface area is 234 Å². The van der Waals surface area contributed by atoms with Gasteiger partial charge in [-0.3, -0.25) is 4.79 Å². The van der Waals surface area contributed by atoms with Gasteiger partial charge in [-0.05, 0) is 30.3 Å². The smallest absolute Gasteiger partial charge is 0.270 e. The summed E-state index contributed by atoms with van der Waals surface area (Å²) in [6.45, 7) is 6.87. The predicted octanol–water partition coefficient (Wildman–Crippen LogP) is -1.16. The number of carbonyl (C=O) groups is 1. The number of aryl methyl sites for hydroxylation is 1. The van der Waals surface area contributed by atoms with Crippen LogP contribution in [-0.4, -0.2) is 78.5 Å². The number of nitrogens with zero attached hydrogens (tertiary/aromatic N) is 5. The Morgan fingerprint density at radius 2 is 1.46 bits per heavy atom. The van der Waals surface area contributed by atoms with E-state index in [2.05, 4.69) is 50.9 Å². The fourth-order valence-electron chi connectivity index (χ4n) is 4.85. The van der Waals surface area contributed by atoms with E-state index >= 15 is 0 Å². The molecule has 208 valence electrons. The largest absolute Gasteiger partial charge is 0.368 e. The molecule has 2 fully saturated rings. The van der Waals surface area contributed by atoms with Crippen LogP contribution in [0.2, 0.25) is 5.02 Å². The van der Waals surface area contributed by atoms with Crippen molar-refractivity contribution in [2.45, 2.75) is 0 Å². The summed E-state index contributed by atoms with van der Waals surface area (Å²) in [6.07, 6.45) is 4.22. The summed E-state index contributed by atoms with van der Waals surface area (Å²) in [5.74, 6) is 0.110. The number of amides is 1. The van der Waals surface area contributed by atoms with Crippen LogP contribution in [0.5, 0.6) is 0 Å². The zero-order valence-corrected chi connectivity index (χ0v) is 23.1. The molecule has 5 rings (SSSR count). The number of carbonyl (C=O) groups excluding carboxylic acids is 1. The second-order valence-electron chi connectivity index (χ2n) is 9.37. The third-order valence-electron chi connectivity index (χ3n) is 6.77. The Morgan fingerprint density at radius 3 is 2.08 bits per heavy atom. The summed E-state index contributed by atoms with van der Waals surface area (Å²) in [6, 6.07) is 20.5. The van der Waals surface area contributed by atoms with Crippen molar-refractivity contribution in [2.75, 3.05) is 62.2 Å². The highest BCUT2D eigenvalue weighted by Crippen LogP contribution is 2.25. The Balaban J connectivity index is 0.000000648. The van der Waals surface area contributed by atoms with Crippen LogP contribution in [0.3, 0.4) is 0 Å². The second-order valence-corrected chi connectivity index (χ2v) is 10.5. The number of rotatable bonds is 4. The van der Waals surface area contributed by atoms with E-state index in [1.807, 2.05) is 53.0 Å². The van der Waals surface area contributed by atoms with Crippen LogP contribution >= 0.6 is 11.6 Å². The molecule has 0 atom stereocenters. The number of aromatic nitrogens is 1. The molecule has 2 aromatic carbocycles. The minimum atomic E-state index is -4.94. The normalized spacial score (nSPS) is 16.1. The second kappa shape index (κ2) is 12.8. The third kappa shape index (κ3) is 8.18. The fraction of sp³-hybridized carbons (Fsp3) is 0.333. The molecule has 2 aliphatic rings. The van der Waals surface area contributed by atoms with Gasteiger partial charge in [-0.25, -0.2) is 23.2 Å². The molecule has 0 unspecified atom stereocenters. The van der Waals surface area contributed by atoms with Crippen LogP contribution in [0.15, 0.2) is 66.9 Å². The van der Waals surface area contributed by atoms with E-state index in [4.69, 9.17) is 30.2 Å². The van der Waals surface area contributed by atoms with E-state index in [1.54, 1.807) is 0 Å². The number of para-hydroxylation sites is 2. The monoisotopic (exact) mass is 575 g/mol. The van der Waals surface area contributed by atoms with Gasteiger partial charge in [0, 0.05) is 45.1 Å². The van der Waals surface area contributed by atoms with Gasteiger partial charge in [0.05, 0.1) is 29.4 Å². The first-order chi connectivity index (χ1) is 18.6. The summed E-state index contributed by atoms with van der Waals surface area (Å²) in [5, 5.41) is 0.802. The van der Waals surface area contributed by atoms with Gasteiger partial charge >= 0.3 is 0 Å². The van der Waals surface area contributed by atoms with E-state index in [1.165, 1.54) is 5.69 Å². The molecule has 0 spiro atoms. The first-order valence-electron chi connectivity index (χ1n) is 12.5. The Bertz CT molecular complexity index is 1270. The molecule has 0 saturated carbocycles. The van der Waals surface area contributed by atoms with Crippen molar-refractivity contribution in [3.63, 3.8) is 0 Å². The van der Waals surface area contributed by atoms with Crippen LogP contribution < -0.4 is 28.4 Å². The van der Waals surface area contributed by atoms with Gasteiger partial charge in [-0.15, -0.1) is 10.2 Å². The molecule has 3 heterocycles. The van der Waals surface area contributed by atoms with Crippen LogP contribution in [0.1, 0.15) is 16.1 Å². The van der Waals surface area contributed by atoms with Crippen molar-refractivity contribution in [1.82, 2.24) is 9.47 Å². The van der Waals surface area contributed by atoms with E-state index in [-0.39, 0.29) is 5.91 Å². The van der Waals surface area contributed by atoms with Crippen LogP contribution in [0.25, 0.3) is 0 Å². The van der Waals surface area contributed by atoms with Crippen molar-refractivity contribution < 1.29 is 38.2 Å². The van der Waals surface area contributed by atoms with E-state index in [9.17, 15) is 4.79 Å². The molecule has 1 amide bonds. The fourth-order valence-corrected chi connectivity index (χ4v) is 5.11. The summed E-state index contributed by atoms with van der Waals surface area (Å²) in [5.41, 5.74) is 4.14. The minimum absolute atomic E-state index is 0.110. The highest BCUT2D eigenvalue weighted by Gasteiger charge is 2.25. The number of anilines is 2. The molecule has 3 aromatic rings. The Kier molecular flexibility index (Phi) is 9.49. The van der Waals surface area contributed by atoms with Gasteiger partial charge in [0.25, 0.3) is 5.91 Å². The number of halogens is 2. The molecule has 10 nitrogen and oxygen atoms in total. The number of piperazine rings is 2. The SMILES string of the molecule is Cn1cc(C=[N+]2CCN(c3ccccc3Cl)CC2)cc1C(=O)N1CCN(c2ccccc2)CC1.[O-][Cl+3]([O-])([O-])[O-]. The van der Waals surface area contributed by atoms with Gasteiger partial charge in [0.15, 0.2) is 19.3 Å². The minimum Gasteiger partial charge on any atom is -0.368 e. The average Bonchev–Trinajstić information content (AvgIpc) is 3.28. The lowest BCUT2D eigenvalue weighted by atomic mass is 10.2. The van der Waals surface area contributed by atoms with Crippen molar-refractivity contribution in [3.8, 4) is 0 Å². The topological polar surface area (TPSA) is 127 Å². The van der Waals surface area contributed by atoms with E-state index in [0.717, 1.165) is 74.3 Å². The number of hydrogen-bond acceptors (Lipinski definition) is 7. The van der Waals surface area contributed by atoms with Gasteiger partial charge in [0.1, 0.15) is 5.69 Å². The highest BCUT2D eigenvalue weighted by atomic mass is 35.7. The lowest BCUT2D eigenvalue weighted by Gasteiger charge is -2.36. The molecule has 12 heteroatoms. The summed E-state index contributed by atoms with van der Waals surface area (Å²) >= 11 is 6.37. The molecule has 2 saturated heterocycles. The first kappa shape index (κ1) is 28.9. The summed E-state index contributed by atoms with van der Waals surface area (Å²) < 4.78 is 38.3. The van der Waals surface area contributed by atoms with Crippen molar-refractivity contribution >= 4 is 35.1 Å². The van der Waals surface area contributed by atoms with Gasteiger partial charge in [0.2, 0.25) is 0 Å². The maximum absolute atomic E-state index is 13.2. The predicted molar refractivity (Wildman–Crippen MR) is 139 cm³/mol. The molecule has 39 heavy (non-hydrogen) atoms. The van der Waals surface area contributed by atoms with Crippen LogP contribution in [0, 0.1) is 10.2 Å². The number of hydrogen-bond donors (Lipinski definition) is 0. The van der Waals surface area contributed by atoms with E-state index in [0.29, 0.717) is 0 Å². The average molecular weight is 576 g/mol. The molecule has 0 bridgehead atoms. The van der Waals surface area contributed by atoms with Gasteiger partial charge < -0.3 is 19.3 Å². The Morgan fingerprint density at radius 1 is 0.872 bits per heavy atom. The zero-order valence-electron chi connectivity index (χ0n) is 21.6.